The van der Waals surface area contributed by atoms with Crippen molar-refractivity contribution in [3.63, 3.8) is 0 Å². The highest BCUT2D eigenvalue weighted by molar-refractivity contribution is 7.17. The molecule has 26 heavy (non-hydrogen) atoms. The fourth-order valence-electron chi connectivity index (χ4n) is 2.90. The Hall–Kier alpha value is -2.83. The summed E-state index contributed by atoms with van der Waals surface area (Å²) in [4.78, 5) is 15.6. The SMILES string of the molecule is O=c1[nH]c2scc(-c3cc(Cl)c(O)cc3F)c2c(O)c1-c1ccccc1. The van der Waals surface area contributed by atoms with Crippen LogP contribution in [-0.2, 0) is 0 Å². The normalized spacial score (nSPS) is 11.2. The highest BCUT2D eigenvalue weighted by Gasteiger charge is 2.21. The van der Waals surface area contributed by atoms with Gasteiger partial charge in [-0.1, -0.05) is 41.9 Å². The van der Waals surface area contributed by atoms with E-state index in [1.165, 1.54) is 17.4 Å². The second-order valence-electron chi connectivity index (χ2n) is 5.68. The van der Waals surface area contributed by atoms with E-state index in [0.717, 1.165) is 6.07 Å². The number of nitrogens with one attached hydrogen (secondary N) is 1. The van der Waals surface area contributed by atoms with E-state index in [-0.39, 0.29) is 27.6 Å². The van der Waals surface area contributed by atoms with Crippen LogP contribution in [0.5, 0.6) is 11.5 Å². The zero-order valence-electron chi connectivity index (χ0n) is 13.1. The lowest BCUT2D eigenvalue weighted by Crippen LogP contribution is -2.08. The number of aromatic amines is 1. The summed E-state index contributed by atoms with van der Waals surface area (Å²) in [6.45, 7) is 0. The molecule has 4 aromatic rings. The van der Waals surface area contributed by atoms with Gasteiger partial charge < -0.3 is 15.2 Å². The number of aromatic hydroxyl groups is 2. The summed E-state index contributed by atoms with van der Waals surface area (Å²) in [7, 11) is 0. The number of phenols is 1. The summed E-state index contributed by atoms with van der Waals surface area (Å²) in [6.07, 6.45) is 0. The summed E-state index contributed by atoms with van der Waals surface area (Å²) in [6, 6.07) is 10.9. The van der Waals surface area contributed by atoms with Crippen molar-refractivity contribution >= 4 is 33.2 Å². The standard InChI is InChI=1S/C19H11ClFNO3S/c20-12-6-10(13(21)7-14(12)23)11-8-26-19-16(11)17(24)15(18(25)22-19)9-4-2-1-3-5-9/h1-8,23H,(H2,22,24,25). The molecule has 0 aliphatic rings. The third-order valence-electron chi connectivity index (χ3n) is 4.11. The summed E-state index contributed by atoms with van der Waals surface area (Å²) in [5.74, 6) is -1.27. The van der Waals surface area contributed by atoms with Gasteiger partial charge in [-0.05, 0) is 11.6 Å². The number of aromatic nitrogens is 1. The van der Waals surface area contributed by atoms with Crippen molar-refractivity contribution in [2.75, 3.05) is 0 Å². The minimum Gasteiger partial charge on any atom is -0.506 e. The number of rotatable bonds is 2. The number of thiophene rings is 1. The van der Waals surface area contributed by atoms with Gasteiger partial charge in [-0.2, -0.15) is 0 Å². The Kier molecular flexibility index (Phi) is 3.94. The Morgan fingerprint density at radius 3 is 2.54 bits per heavy atom. The minimum atomic E-state index is -0.682. The van der Waals surface area contributed by atoms with Crippen molar-refractivity contribution in [1.29, 1.82) is 0 Å². The first-order valence-corrected chi connectivity index (χ1v) is 8.83. The van der Waals surface area contributed by atoms with E-state index in [4.69, 9.17) is 11.6 Å². The predicted molar refractivity (Wildman–Crippen MR) is 102 cm³/mol. The molecule has 2 aromatic heterocycles. The topological polar surface area (TPSA) is 73.3 Å². The third-order valence-corrected chi connectivity index (χ3v) is 5.31. The van der Waals surface area contributed by atoms with Gasteiger partial charge >= 0.3 is 0 Å². The fraction of sp³-hybridized carbons (Fsp3) is 0. The van der Waals surface area contributed by atoms with Gasteiger partial charge in [0.1, 0.15) is 22.1 Å². The molecule has 0 spiro atoms. The lowest BCUT2D eigenvalue weighted by molar-refractivity contribution is 0.470. The quantitative estimate of drug-likeness (QED) is 0.446. The summed E-state index contributed by atoms with van der Waals surface area (Å²) < 4.78 is 14.4. The summed E-state index contributed by atoms with van der Waals surface area (Å²) in [5.41, 5.74) is 0.743. The molecule has 0 radical (unpaired) electrons. The Morgan fingerprint density at radius 2 is 1.81 bits per heavy atom. The Morgan fingerprint density at radius 1 is 1.08 bits per heavy atom. The van der Waals surface area contributed by atoms with E-state index in [9.17, 15) is 19.4 Å². The number of benzene rings is 2. The Balaban J connectivity index is 2.06. The van der Waals surface area contributed by atoms with Crippen LogP contribution in [0.2, 0.25) is 5.02 Å². The van der Waals surface area contributed by atoms with Gasteiger partial charge in [-0.3, -0.25) is 4.79 Å². The van der Waals surface area contributed by atoms with Gasteiger partial charge in [0, 0.05) is 22.6 Å². The lowest BCUT2D eigenvalue weighted by Gasteiger charge is -2.09. The van der Waals surface area contributed by atoms with E-state index in [2.05, 4.69) is 4.98 Å². The number of hydrogen-bond acceptors (Lipinski definition) is 4. The summed E-state index contributed by atoms with van der Waals surface area (Å²) >= 11 is 7.08. The van der Waals surface area contributed by atoms with Gasteiger partial charge in [0.05, 0.1) is 16.0 Å². The molecule has 2 aromatic carbocycles. The van der Waals surface area contributed by atoms with Crippen LogP contribution >= 0.6 is 22.9 Å². The third kappa shape index (κ3) is 2.55. The second-order valence-corrected chi connectivity index (χ2v) is 6.97. The van der Waals surface area contributed by atoms with Crippen molar-refractivity contribution in [1.82, 2.24) is 4.98 Å². The molecule has 0 aliphatic carbocycles. The second kappa shape index (κ2) is 6.16. The smallest absolute Gasteiger partial charge is 0.260 e. The van der Waals surface area contributed by atoms with E-state index >= 15 is 0 Å². The number of phenolic OH excluding ortho intramolecular Hbond substituents is 1. The molecule has 130 valence electrons. The van der Waals surface area contributed by atoms with E-state index < -0.39 is 11.4 Å². The van der Waals surface area contributed by atoms with Crippen molar-refractivity contribution in [2.45, 2.75) is 0 Å². The zero-order valence-corrected chi connectivity index (χ0v) is 14.7. The fourth-order valence-corrected chi connectivity index (χ4v) is 4.02. The number of halogens is 2. The van der Waals surface area contributed by atoms with E-state index in [1.54, 1.807) is 35.7 Å². The first kappa shape index (κ1) is 16.6. The Labute approximate surface area is 155 Å². The van der Waals surface area contributed by atoms with Gasteiger partial charge in [0.15, 0.2) is 0 Å². The monoisotopic (exact) mass is 387 g/mol. The maximum Gasteiger partial charge on any atom is 0.260 e. The molecule has 0 bridgehead atoms. The minimum absolute atomic E-state index is 0.00653. The molecule has 0 saturated carbocycles. The highest BCUT2D eigenvalue weighted by Crippen LogP contribution is 2.43. The van der Waals surface area contributed by atoms with E-state index in [0.29, 0.717) is 21.3 Å². The first-order valence-electron chi connectivity index (χ1n) is 7.57. The van der Waals surface area contributed by atoms with Crippen LogP contribution in [0.15, 0.2) is 52.6 Å². The van der Waals surface area contributed by atoms with Crippen LogP contribution in [0.3, 0.4) is 0 Å². The van der Waals surface area contributed by atoms with Gasteiger partial charge in [-0.15, -0.1) is 11.3 Å². The molecule has 4 rings (SSSR count). The number of H-pyrrole nitrogens is 1. The Bertz CT molecular complexity index is 1200. The maximum atomic E-state index is 14.4. The predicted octanol–water partition coefficient (Wildman–Crippen LogP) is 5.13. The molecule has 0 saturated heterocycles. The highest BCUT2D eigenvalue weighted by atomic mass is 35.5. The molecule has 0 unspecified atom stereocenters. The van der Waals surface area contributed by atoms with Crippen molar-refractivity contribution in [2.24, 2.45) is 0 Å². The molecular formula is C19H11ClFNO3S. The number of fused-ring (bicyclic) bond motifs is 1. The molecule has 2 heterocycles. The van der Waals surface area contributed by atoms with Crippen LogP contribution < -0.4 is 5.56 Å². The van der Waals surface area contributed by atoms with Crippen molar-refractivity contribution < 1.29 is 14.6 Å². The lowest BCUT2D eigenvalue weighted by atomic mass is 10.0. The number of hydrogen-bond donors (Lipinski definition) is 3. The molecule has 0 fully saturated rings. The van der Waals surface area contributed by atoms with E-state index in [1.807, 2.05) is 0 Å². The molecule has 0 atom stereocenters. The van der Waals surface area contributed by atoms with Crippen LogP contribution in [0.25, 0.3) is 32.5 Å². The zero-order chi connectivity index (χ0) is 18.4. The van der Waals surface area contributed by atoms with Crippen LogP contribution in [0.1, 0.15) is 0 Å². The molecule has 0 amide bonds. The average Bonchev–Trinajstić information content (AvgIpc) is 3.03. The average molecular weight is 388 g/mol. The molecule has 7 heteroatoms. The van der Waals surface area contributed by atoms with Crippen molar-refractivity contribution in [3.05, 3.63) is 69.0 Å². The van der Waals surface area contributed by atoms with Crippen LogP contribution in [0.4, 0.5) is 4.39 Å². The molecule has 3 N–H and O–H groups in total. The van der Waals surface area contributed by atoms with Gasteiger partial charge in [0.25, 0.3) is 5.56 Å². The summed E-state index contributed by atoms with van der Waals surface area (Å²) in [5, 5.41) is 22.3. The first-order chi connectivity index (χ1) is 12.5. The molecule has 4 nitrogen and oxygen atoms in total. The number of pyridine rings is 1. The van der Waals surface area contributed by atoms with Crippen molar-refractivity contribution in [3.8, 4) is 33.8 Å². The van der Waals surface area contributed by atoms with Crippen LogP contribution in [0, 0.1) is 5.82 Å². The molecular weight excluding hydrogens is 377 g/mol. The van der Waals surface area contributed by atoms with Crippen LogP contribution in [-0.4, -0.2) is 15.2 Å². The van der Waals surface area contributed by atoms with Gasteiger partial charge in [0.2, 0.25) is 0 Å². The van der Waals surface area contributed by atoms with Gasteiger partial charge in [-0.25, -0.2) is 4.39 Å². The molecule has 0 aliphatic heterocycles. The maximum absolute atomic E-state index is 14.4. The largest absolute Gasteiger partial charge is 0.506 e.